The Labute approximate surface area is 81.1 Å². The smallest absolute Gasteiger partial charge is 0.251 e. The minimum atomic E-state index is -0.329. The van der Waals surface area contributed by atoms with Crippen LogP contribution in [-0.4, -0.2) is 37.1 Å². The van der Waals surface area contributed by atoms with E-state index in [2.05, 4.69) is 13.8 Å². The van der Waals surface area contributed by atoms with Crippen LogP contribution >= 0.6 is 0 Å². The number of hydrogen-bond donors (Lipinski definition) is 0. The molecule has 0 saturated carbocycles. The van der Waals surface area contributed by atoms with E-state index >= 15 is 0 Å². The monoisotopic (exact) mass is 187 g/mol. The number of likely N-dealkylation sites (N-methyl/N-ethyl adjacent to an activating group) is 1. The van der Waals surface area contributed by atoms with Gasteiger partial charge in [0.15, 0.2) is 0 Å². The Morgan fingerprint density at radius 1 is 1.46 bits per heavy atom. The van der Waals surface area contributed by atoms with Crippen LogP contribution in [0.5, 0.6) is 0 Å². The van der Waals surface area contributed by atoms with E-state index in [1.807, 2.05) is 7.05 Å². The minimum absolute atomic E-state index is 0.0588. The van der Waals surface area contributed by atoms with Crippen LogP contribution in [0.2, 0.25) is 0 Å². The molecule has 3 nitrogen and oxygen atoms in total. The molecule has 13 heavy (non-hydrogen) atoms. The highest BCUT2D eigenvalue weighted by molar-refractivity contribution is 5.80. The number of rotatable bonds is 5. The van der Waals surface area contributed by atoms with Crippen molar-refractivity contribution in [3.63, 3.8) is 0 Å². The summed E-state index contributed by atoms with van der Waals surface area (Å²) < 4.78 is 4.97. The SMILES string of the molecule is CCCC(C)N(C)C(=O)C(C)OC. The van der Waals surface area contributed by atoms with Crippen LogP contribution < -0.4 is 0 Å². The first-order valence-corrected chi connectivity index (χ1v) is 4.84. The average molecular weight is 187 g/mol. The Morgan fingerprint density at radius 3 is 2.38 bits per heavy atom. The predicted octanol–water partition coefficient (Wildman–Crippen LogP) is 1.67. The largest absolute Gasteiger partial charge is 0.372 e. The molecule has 0 aliphatic heterocycles. The average Bonchev–Trinajstić information content (AvgIpc) is 2.14. The Morgan fingerprint density at radius 2 is 2.00 bits per heavy atom. The summed E-state index contributed by atoms with van der Waals surface area (Å²) in [7, 11) is 3.39. The molecular weight excluding hydrogens is 166 g/mol. The zero-order valence-corrected chi connectivity index (χ0v) is 9.33. The lowest BCUT2D eigenvalue weighted by molar-refractivity contribution is -0.141. The summed E-state index contributed by atoms with van der Waals surface area (Å²) in [4.78, 5) is 13.4. The van der Waals surface area contributed by atoms with Crippen molar-refractivity contribution in [1.29, 1.82) is 0 Å². The summed E-state index contributed by atoms with van der Waals surface area (Å²) in [6.07, 6.45) is 1.81. The summed E-state index contributed by atoms with van der Waals surface area (Å²) in [6, 6.07) is 0.301. The van der Waals surface area contributed by atoms with Crippen LogP contribution in [-0.2, 0) is 9.53 Å². The standard InChI is InChI=1S/C10H21NO2/c1-6-7-8(2)11(4)10(12)9(3)13-5/h8-9H,6-7H2,1-5H3. The molecule has 0 aromatic rings. The summed E-state index contributed by atoms with van der Waals surface area (Å²) in [5, 5.41) is 0. The number of nitrogens with zero attached hydrogens (tertiary/aromatic N) is 1. The predicted molar refractivity (Wildman–Crippen MR) is 53.6 cm³/mol. The van der Waals surface area contributed by atoms with Crippen molar-refractivity contribution < 1.29 is 9.53 Å². The maximum absolute atomic E-state index is 11.6. The van der Waals surface area contributed by atoms with E-state index in [1.165, 1.54) is 0 Å². The van der Waals surface area contributed by atoms with Gasteiger partial charge in [0.1, 0.15) is 6.10 Å². The zero-order chi connectivity index (χ0) is 10.4. The van der Waals surface area contributed by atoms with Gasteiger partial charge >= 0.3 is 0 Å². The van der Waals surface area contributed by atoms with Gasteiger partial charge in [0, 0.05) is 20.2 Å². The Balaban J connectivity index is 4.08. The lowest BCUT2D eigenvalue weighted by atomic mass is 10.1. The molecule has 0 heterocycles. The fourth-order valence-corrected chi connectivity index (χ4v) is 1.22. The van der Waals surface area contributed by atoms with Crippen molar-refractivity contribution in [2.24, 2.45) is 0 Å². The molecule has 0 aliphatic rings. The first-order valence-electron chi connectivity index (χ1n) is 4.84. The fourth-order valence-electron chi connectivity index (χ4n) is 1.22. The molecule has 0 bridgehead atoms. The summed E-state index contributed by atoms with van der Waals surface area (Å²) in [5.74, 6) is 0.0588. The van der Waals surface area contributed by atoms with E-state index in [4.69, 9.17) is 4.74 Å². The lowest BCUT2D eigenvalue weighted by Gasteiger charge is -2.26. The molecule has 2 atom stereocenters. The molecular formula is C10H21NO2. The summed E-state index contributed by atoms with van der Waals surface area (Å²) >= 11 is 0. The van der Waals surface area contributed by atoms with Crippen LogP contribution in [0.25, 0.3) is 0 Å². The van der Waals surface area contributed by atoms with E-state index in [0.29, 0.717) is 6.04 Å². The molecule has 0 saturated heterocycles. The quantitative estimate of drug-likeness (QED) is 0.655. The normalized spacial score (nSPS) is 15.2. The molecule has 0 aromatic heterocycles. The molecule has 0 spiro atoms. The molecule has 0 aliphatic carbocycles. The third kappa shape index (κ3) is 3.77. The molecule has 2 unspecified atom stereocenters. The Bertz CT molecular complexity index is 159. The second-order valence-corrected chi connectivity index (χ2v) is 3.46. The highest BCUT2D eigenvalue weighted by Gasteiger charge is 2.20. The molecule has 0 N–H and O–H groups in total. The second-order valence-electron chi connectivity index (χ2n) is 3.46. The first kappa shape index (κ1) is 12.4. The number of amides is 1. The third-order valence-electron chi connectivity index (χ3n) is 2.42. The highest BCUT2D eigenvalue weighted by Crippen LogP contribution is 2.06. The van der Waals surface area contributed by atoms with Gasteiger partial charge in [0.2, 0.25) is 0 Å². The van der Waals surface area contributed by atoms with E-state index in [1.54, 1.807) is 18.9 Å². The topological polar surface area (TPSA) is 29.5 Å². The number of hydrogen-bond acceptors (Lipinski definition) is 2. The van der Waals surface area contributed by atoms with Crippen LogP contribution in [0.1, 0.15) is 33.6 Å². The zero-order valence-electron chi connectivity index (χ0n) is 9.33. The molecule has 1 amide bonds. The van der Waals surface area contributed by atoms with Crippen molar-refractivity contribution in [2.75, 3.05) is 14.2 Å². The van der Waals surface area contributed by atoms with Crippen molar-refractivity contribution >= 4 is 5.91 Å². The molecule has 3 heteroatoms. The number of carbonyl (C=O) groups excluding carboxylic acids is 1. The second kappa shape index (κ2) is 5.97. The molecule has 78 valence electrons. The van der Waals surface area contributed by atoms with Crippen LogP contribution in [0.15, 0.2) is 0 Å². The van der Waals surface area contributed by atoms with Gasteiger partial charge in [-0.25, -0.2) is 0 Å². The highest BCUT2D eigenvalue weighted by atomic mass is 16.5. The van der Waals surface area contributed by atoms with Gasteiger partial charge in [-0.1, -0.05) is 13.3 Å². The first-order chi connectivity index (χ1) is 6.04. The van der Waals surface area contributed by atoms with Gasteiger partial charge in [-0.3, -0.25) is 4.79 Å². The molecule has 0 aromatic carbocycles. The maximum atomic E-state index is 11.6. The number of methoxy groups -OCH3 is 1. The molecule has 0 radical (unpaired) electrons. The Hall–Kier alpha value is -0.570. The Kier molecular flexibility index (Phi) is 5.71. The van der Waals surface area contributed by atoms with Crippen LogP contribution in [0.4, 0.5) is 0 Å². The van der Waals surface area contributed by atoms with Crippen molar-refractivity contribution in [1.82, 2.24) is 4.90 Å². The van der Waals surface area contributed by atoms with E-state index in [9.17, 15) is 4.79 Å². The molecule has 0 rings (SSSR count). The third-order valence-corrected chi connectivity index (χ3v) is 2.42. The number of carbonyl (C=O) groups is 1. The summed E-state index contributed by atoms with van der Waals surface area (Å²) in [6.45, 7) is 5.95. The van der Waals surface area contributed by atoms with Gasteiger partial charge < -0.3 is 9.64 Å². The fraction of sp³-hybridized carbons (Fsp3) is 0.900. The van der Waals surface area contributed by atoms with E-state index in [0.717, 1.165) is 12.8 Å². The minimum Gasteiger partial charge on any atom is -0.372 e. The van der Waals surface area contributed by atoms with Crippen molar-refractivity contribution in [2.45, 2.75) is 45.8 Å². The maximum Gasteiger partial charge on any atom is 0.251 e. The van der Waals surface area contributed by atoms with Gasteiger partial charge in [-0.05, 0) is 20.3 Å². The van der Waals surface area contributed by atoms with Gasteiger partial charge in [0.25, 0.3) is 5.91 Å². The van der Waals surface area contributed by atoms with Gasteiger partial charge in [-0.15, -0.1) is 0 Å². The number of ether oxygens (including phenoxy) is 1. The van der Waals surface area contributed by atoms with Crippen molar-refractivity contribution in [3.8, 4) is 0 Å². The lowest BCUT2D eigenvalue weighted by Crippen LogP contribution is -2.41. The molecule has 0 fully saturated rings. The van der Waals surface area contributed by atoms with Crippen LogP contribution in [0.3, 0.4) is 0 Å². The van der Waals surface area contributed by atoms with E-state index < -0.39 is 0 Å². The summed E-state index contributed by atoms with van der Waals surface area (Å²) in [5.41, 5.74) is 0. The van der Waals surface area contributed by atoms with Crippen LogP contribution in [0, 0.1) is 0 Å². The van der Waals surface area contributed by atoms with Gasteiger partial charge in [-0.2, -0.15) is 0 Å². The van der Waals surface area contributed by atoms with E-state index in [-0.39, 0.29) is 12.0 Å². The van der Waals surface area contributed by atoms with Gasteiger partial charge in [0.05, 0.1) is 0 Å². The van der Waals surface area contributed by atoms with Crippen molar-refractivity contribution in [3.05, 3.63) is 0 Å².